The Labute approximate surface area is 163 Å². The van der Waals surface area contributed by atoms with Gasteiger partial charge in [-0.15, -0.1) is 5.10 Å². The van der Waals surface area contributed by atoms with Gasteiger partial charge in [0.05, 0.1) is 30.1 Å². The molecule has 28 heavy (non-hydrogen) atoms. The highest BCUT2D eigenvalue weighted by Gasteiger charge is 2.13. The number of ether oxygens (including phenoxy) is 1. The topological polar surface area (TPSA) is 82.2 Å². The van der Waals surface area contributed by atoms with Crippen molar-refractivity contribution in [2.75, 3.05) is 18.5 Å². The summed E-state index contributed by atoms with van der Waals surface area (Å²) in [5, 5.41) is 7.72. The summed E-state index contributed by atoms with van der Waals surface area (Å²) in [5.41, 5.74) is 4.62. The molecule has 4 heterocycles. The largest absolute Gasteiger partial charge is 0.377 e. The maximum absolute atomic E-state index is 5.53. The van der Waals surface area contributed by atoms with Crippen LogP contribution in [-0.2, 0) is 11.3 Å². The molecule has 8 heteroatoms. The minimum Gasteiger partial charge on any atom is -0.377 e. The normalized spacial score (nSPS) is 11.8. The molecule has 0 bridgehead atoms. The van der Waals surface area contributed by atoms with Gasteiger partial charge in [0.2, 0.25) is 5.95 Å². The number of aryl methyl sites for hydroxylation is 2. The summed E-state index contributed by atoms with van der Waals surface area (Å²) in [5.74, 6) is 1.55. The third-order valence-corrected chi connectivity index (χ3v) is 4.63. The minimum atomic E-state index is 0.217. The fourth-order valence-electron chi connectivity index (χ4n) is 3.30. The summed E-state index contributed by atoms with van der Waals surface area (Å²) in [6.07, 6.45) is 3.97. The molecule has 1 N–H and O–H groups in total. The highest BCUT2D eigenvalue weighted by atomic mass is 16.5. The lowest BCUT2D eigenvalue weighted by atomic mass is 10.2. The number of imidazole rings is 1. The van der Waals surface area contributed by atoms with Gasteiger partial charge in [-0.1, -0.05) is 0 Å². The fraction of sp³-hybridized carbons (Fsp3) is 0.400. The molecule has 0 aliphatic carbocycles. The molecule has 0 spiro atoms. The van der Waals surface area contributed by atoms with Crippen LogP contribution in [0.2, 0.25) is 0 Å². The van der Waals surface area contributed by atoms with E-state index >= 15 is 0 Å². The smallest absolute Gasteiger partial charge is 0.241 e. The first-order valence-corrected chi connectivity index (χ1v) is 9.61. The van der Waals surface area contributed by atoms with E-state index in [4.69, 9.17) is 9.72 Å². The fourth-order valence-corrected chi connectivity index (χ4v) is 3.30. The molecule has 0 aromatic carbocycles. The Balaban J connectivity index is 1.62. The van der Waals surface area contributed by atoms with E-state index in [0.717, 1.165) is 40.3 Å². The Hall–Kier alpha value is -3.00. The van der Waals surface area contributed by atoms with Crippen LogP contribution in [0.25, 0.3) is 27.9 Å². The second-order valence-corrected chi connectivity index (χ2v) is 6.93. The van der Waals surface area contributed by atoms with E-state index in [1.165, 1.54) is 0 Å². The molecule has 0 saturated heterocycles. The number of aromatic nitrogens is 6. The third kappa shape index (κ3) is 3.43. The van der Waals surface area contributed by atoms with Gasteiger partial charge >= 0.3 is 0 Å². The van der Waals surface area contributed by atoms with Crippen molar-refractivity contribution in [3.05, 3.63) is 36.4 Å². The molecule has 0 fully saturated rings. The van der Waals surface area contributed by atoms with Crippen molar-refractivity contribution < 1.29 is 4.74 Å². The highest BCUT2D eigenvalue weighted by Crippen LogP contribution is 2.26. The van der Waals surface area contributed by atoms with Crippen molar-refractivity contribution in [1.82, 2.24) is 29.1 Å². The van der Waals surface area contributed by atoms with Gasteiger partial charge in [0.25, 0.3) is 0 Å². The zero-order valence-corrected chi connectivity index (χ0v) is 16.7. The summed E-state index contributed by atoms with van der Waals surface area (Å²) in [4.78, 5) is 13.9. The van der Waals surface area contributed by atoms with Gasteiger partial charge in [-0.05, 0) is 45.9 Å². The molecule has 0 aliphatic heterocycles. The van der Waals surface area contributed by atoms with Gasteiger partial charge < -0.3 is 14.6 Å². The van der Waals surface area contributed by atoms with Crippen LogP contribution in [0.3, 0.4) is 0 Å². The van der Waals surface area contributed by atoms with Crippen molar-refractivity contribution >= 4 is 22.6 Å². The average Bonchev–Trinajstić information content (AvgIpc) is 3.23. The predicted molar refractivity (Wildman–Crippen MR) is 109 cm³/mol. The lowest BCUT2D eigenvalue weighted by Crippen LogP contribution is -2.15. The molecule has 8 nitrogen and oxygen atoms in total. The summed E-state index contributed by atoms with van der Waals surface area (Å²) in [6, 6.07) is 6.04. The van der Waals surface area contributed by atoms with E-state index in [-0.39, 0.29) is 6.10 Å². The third-order valence-electron chi connectivity index (χ3n) is 4.63. The van der Waals surface area contributed by atoms with E-state index in [0.29, 0.717) is 19.1 Å². The van der Waals surface area contributed by atoms with Crippen molar-refractivity contribution in [3.63, 3.8) is 0 Å². The first-order valence-electron chi connectivity index (χ1n) is 9.61. The summed E-state index contributed by atoms with van der Waals surface area (Å²) >= 11 is 0. The van der Waals surface area contributed by atoms with E-state index in [1.54, 1.807) is 0 Å². The molecular weight excluding hydrogens is 354 g/mol. The Morgan fingerprint density at radius 2 is 2.04 bits per heavy atom. The van der Waals surface area contributed by atoms with Gasteiger partial charge in [-0.2, -0.15) is 0 Å². The number of hydrogen-bond donors (Lipinski definition) is 1. The van der Waals surface area contributed by atoms with Crippen LogP contribution in [0.15, 0.2) is 30.6 Å². The predicted octanol–water partition coefficient (Wildman–Crippen LogP) is 3.31. The molecular formula is C20H25N7O. The number of pyridine rings is 1. The first-order chi connectivity index (χ1) is 13.6. The quantitative estimate of drug-likeness (QED) is 0.496. The first kappa shape index (κ1) is 18.4. The SMILES string of the molecule is CCn1c(C)nc2ccc(-c3ccn4nc(NCCOC(C)C)ncc34)nc21. The zero-order valence-electron chi connectivity index (χ0n) is 16.7. The number of hydrogen-bond acceptors (Lipinski definition) is 6. The molecule has 4 aromatic rings. The van der Waals surface area contributed by atoms with Crippen molar-refractivity contribution in [2.45, 2.75) is 40.3 Å². The lowest BCUT2D eigenvalue weighted by molar-refractivity contribution is 0.0869. The molecule has 0 saturated carbocycles. The van der Waals surface area contributed by atoms with Crippen molar-refractivity contribution in [1.29, 1.82) is 0 Å². The molecule has 4 rings (SSSR count). The van der Waals surface area contributed by atoms with Gasteiger partial charge in [0.15, 0.2) is 5.65 Å². The number of nitrogens with zero attached hydrogens (tertiary/aromatic N) is 6. The molecule has 0 atom stereocenters. The van der Waals surface area contributed by atoms with Crippen molar-refractivity contribution in [2.24, 2.45) is 0 Å². The van der Waals surface area contributed by atoms with Gasteiger partial charge in [-0.3, -0.25) is 0 Å². The summed E-state index contributed by atoms with van der Waals surface area (Å²) in [6.45, 7) is 10.3. The molecule has 4 aromatic heterocycles. The van der Waals surface area contributed by atoms with E-state index in [2.05, 4.69) is 31.9 Å². The van der Waals surface area contributed by atoms with E-state index < -0.39 is 0 Å². The van der Waals surface area contributed by atoms with Gasteiger partial charge in [0.1, 0.15) is 11.3 Å². The molecule has 0 amide bonds. The maximum atomic E-state index is 5.53. The Morgan fingerprint density at radius 3 is 2.82 bits per heavy atom. The average molecular weight is 379 g/mol. The highest BCUT2D eigenvalue weighted by molar-refractivity contribution is 5.82. The van der Waals surface area contributed by atoms with Crippen LogP contribution in [0.4, 0.5) is 5.95 Å². The Kier molecular flexibility index (Phi) is 4.95. The minimum absolute atomic E-state index is 0.217. The van der Waals surface area contributed by atoms with Gasteiger partial charge in [-0.25, -0.2) is 19.5 Å². The monoisotopic (exact) mass is 379 g/mol. The number of rotatable bonds is 7. The molecule has 0 radical (unpaired) electrons. The second-order valence-electron chi connectivity index (χ2n) is 6.93. The number of nitrogens with one attached hydrogen (secondary N) is 1. The number of fused-ring (bicyclic) bond motifs is 2. The van der Waals surface area contributed by atoms with Crippen LogP contribution in [-0.4, -0.2) is 48.4 Å². The molecule has 0 aliphatic rings. The Morgan fingerprint density at radius 1 is 1.18 bits per heavy atom. The summed E-state index contributed by atoms with van der Waals surface area (Å²) in [7, 11) is 0. The standard InChI is InChI=1S/C20H25N7O/c1-5-26-14(4)23-17-7-6-16(24-19(17)26)15-8-10-27-18(15)12-22-20(25-27)21-9-11-28-13(2)3/h6-8,10,12-13H,5,9,11H2,1-4H3,(H,21,25). The maximum Gasteiger partial charge on any atom is 0.241 e. The molecule has 146 valence electrons. The van der Waals surface area contributed by atoms with Gasteiger partial charge in [0, 0.05) is 24.8 Å². The Bertz CT molecular complexity index is 1110. The lowest BCUT2D eigenvalue weighted by Gasteiger charge is -2.08. The zero-order chi connectivity index (χ0) is 19.7. The second kappa shape index (κ2) is 7.55. The van der Waals surface area contributed by atoms with Crippen LogP contribution in [0.5, 0.6) is 0 Å². The van der Waals surface area contributed by atoms with Crippen LogP contribution in [0, 0.1) is 6.92 Å². The van der Waals surface area contributed by atoms with Crippen LogP contribution in [0.1, 0.15) is 26.6 Å². The van der Waals surface area contributed by atoms with Crippen LogP contribution >= 0.6 is 0 Å². The van der Waals surface area contributed by atoms with E-state index in [9.17, 15) is 0 Å². The van der Waals surface area contributed by atoms with Crippen LogP contribution < -0.4 is 5.32 Å². The molecule has 0 unspecified atom stereocenters. The van der Waals surface area contributed by atoms with Crippen molar-refractivity contribution in [3.8, 4) is 11.3 Å². The summed E-state index contributed by atoms with van der Waals surface area (Å²) < 4.78 is 9.47. The number of anilines is 1. The van der Waals surface area contributed by atoms with E-state index in [1.807, 2.05) is 55.9 Å².